The second-order valence-electron chi connectivity index (χ2n) is 4.62. The molecule has 0 aliphatic carbocycles. The van der Waals surface area contributed by atoms with Crippen molar-refractivity contribution in [1.29, 1.82) is 0 Å². The average Bonchev–Trinajstić information content (AvgIpc) is 2.42. The fraction of sp³-hybridized carbons (Fsp3) is 0.917. The molecule has 1 heterocycles. The maximum absolute atomic E-state index is 8.54. The van der Waals surface area contributed by atoms with E-state index < -0.39 is 0 Å². The molecule has 0 saturated carbocycles. The van der Waals surface area contributed by atoms with Gasteiger partial charge in [-0.2, -0.15) is 0 Å². The first kappa shape index (κ1) is 15.2. The van der Waals surface area contributed by atoms with Gasteiger partial charge in [-0.25, -0.2) is 0 Å². The van der Waals surface area contributed by atoms with Crippen LogP contribution in [0, 0.1) is 0 Å². The Morgan fingerprint density at radius 3 is 2.94 bits per heavy atom. The van der Waals surface area contributed by atoms with Crippen molar-refractivity contribution in [3.63, 3.8) is 0 Å². The Kier molecular flexibility index (Phi) is 7.71. The molecule has 0 bridgehead atoms. The minimum absolute atomic E-state index is 0.266. The van der Waals surface area contributed by atoms with Gasteiger partial charge in [0.05, 0.1) is 12.7 Å². The molecule has 0 aromatic heterocycles. The lowest BCUT2D eigenvalue weighted by molar-refractivity contribution is -0.00867. The Labute approximate surface area is 109 Å². The second-order valence-corrected chi connectivity index (χ2v) is 4.62. The molecule has 1 saturated heterocycles. The fourth-order valence-electron chi connectivity index (χ4n) is 2.08. The normalized spacial score (nSPS) is 21.4. The van der Waals surface area contributed by atoms with Crippen LogP contribution >= 0.6 is 0 Å². The van der Waals surface area contributed by atoms with Crippen LogP contribution in [0.1, 0.15) is 25.7 Å². The molecule has 0 spiro atoms. The summed E-state index contributed by atoms with van der Waals surface area (Å²) in [5.74, 6) is 0.266. The standard InChI is InChI=1S/C12H25N3O3/c1-17-9-7-15(6-5-12(13)14-16)10-11-4-2-3-8-18-11/h11,16H,2-10H2,1H3,(H2,13,14). The van der Waals surface area contributed by atoms with E-state index in [4.69, 9.17) is 20.4 Å². The average molecular weight is 259 g/mol. The number of amidine groups is 1. The van der Waals surface area contributed by atoms with Crippen molar-refractivity contribution >= 4 is 5.84 Å². The lowest BCUT2D eigenvalue weighted by Gasteiger charge is -2.29. The zero-order valence-corrected chi connectivity index (χ0v) is 11.2. The molecule has 1 aliphatic heterocycles. The van der Waals surface area contributed by atoms with Crippen LogP contribution in [0.2, 0.25) is 0 Å². The maximum Gasteiger partial charge on any atom is 0.140 e. The Hall–Kier alpha value is -0.850. The first-order valence-electron chi connectivity index (χ1n) is 6.55. The number of rotatable bonds is 8. The molecule has 6 nitrogen and oxygen atoms in total. The molecule has 106 valence electrons. The van der Waals surface area contributed by atoms with E-state index >= 15 is 0 Å². The van der Waals surface area contributed by atoms with E-state index in [0.717, 1.165) is 32.7 Å². The van der Waals surface area contributed by atoms with Gasteiger partial charge >= 0.3 is 0 Å². The predicted octanol–water partition coefficient (Wildman–Crippen LogP) is 0.640. The van der Waals surface area contributed by atoms with Crippen molar-refractivity contribution < 1.29 is 14.7 Å². The lowest BCUT2D eigenvalue weighted by atomic mass is 10.1. The minimum Gasteiger partial charge on any atom is -0.409 e. The Balaban J connectivity index is 2.33. The third-order valence-corrected chi connectivity index (χ3v) is 3.16. The van der Waals surface area contributed by atoms with Crippen LogP contribution in [-0.4, -0.2) is 62.0 Å². The number of methoxy groups -OCH3 is 1. The molecule has 18 heavy (non-hydrogen) atoms. The zero-order valence-electron chi connectivity index (χ0n) is 11.2. The Morgan fingerprint density at radius 2 is 2.33 bits per heavy atom. The van der Waals surface area contributed by atoms with E-state index in [1.807, 2.05) is 0 Å². The van der Waals surface area contributed by atoms with E-state index in [9.17, 15) is 0 Å². The summed E-state index contributed by atoms with van der Waals surface area (Å²) in [5, 5.41) is 11.5. The van der Waals surface area contributed by atoms with E-state index in [-0.39, 0.29) is 5.84 Å². The van der Waals surface area contributed by atoms with Crippen LogP contribution in [0.25, 0.3) is 0 Å². The molecule has 6 heteroatoms. The number of nitrogens with zero attached hydrogens (tertiary/aromatic N) is 2. The first-order valence-corrected chi connectivity index (χ1v) is 6.55. The monoisotopic (exact) mass is 259 g/mol. The Bertz CT molecular complexity index is 243. The number of hydrogen-bond acceptors (Lipinski definition) is 5. The van der Waals surface area contributed by atoms with E-state index in [1.54, 1.807) is 7.11 Å². The van der Waals surface area contributed by atoms with Gasteiger partial charge in [0, 0.05) is 39.8 Å². The second kappa shape index (κ2) is 9.13. The third-order valence-electron chi connectivity index (χ3n) is 3.16. The lowest BCUT2D eigenvalue weighted by Crippen LogP contribution is -2.39. The van der Waals surface area contributed by atoms with Crippen LogP contribution in [-0.2, 0) is 9.47 Å². The zero-order chi connectivity index (χ0) is 13.2. The van der Waals surface area contributed by atoms with Gasteiger partial charge in [-0.05, 0) is 19.3 Å². The first-order chi connectivity index (χ1) is 8.76. The molecule has 1 unspecified atom stereocenters. The van der Waals surface area contributed by atoms with Crippen molar-refractivity contribution in [2.45, 2.75) is 31.8 Å². The number of hydrogen-bond donors (Lipinski definition) is 2. The molecule has 1 rings (SSSR count). The summed E-state index contributed by atoms with van der Waals surface area (Å²) in [5.41, 5.74) is 5.49. The topological polar surface area (TPSA) is 80.3 Å². The minimum atomic E-state index is 0.266. The highest BCUT2D eigenvalue weighted by atomic mass is 16.5. The summed E-state index contributed by atoms with van der Waals surface area (Å²) in [6, 6.07) is 0. The molecule has 0 aromatic carbocycles. The largest absolute Gasteiger partial charge is 0.409 e. The van der Waals surface area contributed by atoms with Crippen LogP contribution in [0.3, 0.4) is 0 Å². The van der Waals surface area contributed by atoms with Crippen molar-refractivity contribution in [3.8, 4) is 0 Å². The van der Waals surface area contributed by atoms with Gasteiger partial charge < -0.3 is 20.4 Å². The quantitative estimate of drug-likeness (QED) is 0.289. The molecule has 1 atom stereocenters. The summed E-state index contributed by atoms with van der Waals surface area (Å²) < 4.78 is 10.8. The number of nitrogens with two attached hydrogens (primary N) is 1. The number of ether oxygens (including phenoxy) is 2. The highest BCUT2D eigenvalue weighted by molar-refractivity contribution is 5.79. The van der Waals surface area contributed by atoms with Gasteiger partial charge in [-0.1, -0.05) is 5.16 Å². The number of oxime groups is 1. The Morgan fingerprint density at radius 1 is 1.50 bits per heavy atom. The van der Waals surface area contributed by atoms with Crippen molar-refractivity contribution in [3.05, 3.63) is 0 Å². The van der Waals surface area contributed by atoms with Crippen LogP contribution in [0.5, 0.6) is 0 Å². The fourth-order valence-corrected chi connectivity index (χ4v) is 2.08. The van der Waals surface area contributed by atoms with Gasteiger partial charge in [-0.15, -0.1) is 0 Å². The van der Waals surface area contributed by atoms with Gasteiger partial charge in [0.2, 0.25) is 0 Å². The van der Waals surface area contributed by atoms with Gasteiger partial charge in [-0.3, -0.25) is 4.90 Å². The predicted molar refractivity (Wildman–Crippen MR) is 69.9 cm³/mol. The third kappa shape index (κ3) is 6.18. The molecule has 3 N–H and O–H groups in total. The van der Waals surface area contributed by atoms with Crippen LogP contribution in [0.15, 0.2) is 5.16 Å². The summed E-state index contributed by atoms with van der Waals surface area (Å²) in [4.78, 5) is 2.25. The van der Waals surface area contributed by atoms with Crippen molar-refractivity contribution in [2.75, 3.05) is 40.0 Å². The molecule has 1 fully saturated rings. The smallest absolute Gasteiger partial charge is 0.140 e. The van der Waals surface area contributed by atoms with E-state index in [2.05, 4.69) is 10.1 Å². The molecular formula is C12H25N3O3. The molecule has 0 radical (unpaired) electrons. The summed E-state index contributed by atoms with van der Waals surface area (Å²) in [6.07, 6.45) is 4.39. The van der Waals surface area contributed by atoms with Crippen molar-refractivity contribution in [2.24, 2.45) is 10.9 Å². The summed E-state index contributed by atoms with van der Waals surface area (Å²) >= 11 is 0. The van der Waals surface area contributed by atoms with E-state index in [1.165, 1.54) is 12.8 Å². The molecule has 0 amide bonds. The van der Waals surface area contributed by atoms with Crippen LogP contribution in [0.4, 0.5) is 0 Å². The van der Waals surface area contributed by atoms with Crippen molar-refractivity contribution in [1.82, 2.24) is 4.90 Å². The highest BCUT2D eigenvalue weighted by Crippen LogP contribution is 2.14. The maximum atomic E-state index is 8.54. The highest BCUT2D eigenvalue weighted by Gasteiger charge is 2.17. The molecule has 0 aromatic rings. The molecular weight excluding hydrogens is 234 g/mol. The van der Waals surface area contributed by atoms with Gasteiger partial charge in [0.25, 0.3) is 0 Å². The van der Waals surface area contributed by atoms with Gasteiger partial charge in [0.15, 0.2) is 0 Å². The summed E-state index contributed by atoms with van der Waals surface area (Å²) in [7, 11) is 1.69. The van der Waals surface area contributed by atoms with Gasteiger partial charge in [0.1, 0.15) is 5.84 Å². The SMILES string of the molecule is COCCN(CCC(N)=NO)CC1CCCCO1. The molecule has 1 aliphatic rings. The summed E-state index contributed by atoms with van der Waals surface area (Å²) in [6.45, 7) is 4.04. The van der Waals surface area contributed by atoms with E-state index in [0.29, 0.717) is 19.1 Å². The van der Waals surface area contributed by atoms with Crippen LogP contribution < -0.4 is 5.73 Å².